The van der Waals surface area contributed by atoms with Gasteiger partial charge >= 0.3 is 6.03 Å². The molecule has 141 valence electrons. The predicted molar refractivity (Wildman–Crippen MR) is 100 cm³/mol. The summed E-state index contributed by atoms with van der Waals surface area (Å²) in [4.78, 5) is 36.4. The summed E-state index contributed by atoms with van der Waals surface area (Å²) in [6, 6.07) is 6.03. The lowest BCUT2D eigenvalue weighted by Gasteiger charge is -2.23. The van der Waals surface area contributed by atoms with Crippen molar-refractivity contribution in [3.63, 3.8) is 0 Å². The van der Waals surface area contributed by atoms with Gasteiger partial charge < -0.3 is 16.8 Å². The minimum Gasteiger partial charge on any atom is -0.383 e. The van der Waals surface area contributed by atoms with Crippen molar-refractivity contribution in [2.24, 2.45) is 17.4 Å². The fourth-order valence-electron chi connectivity index (χ4n) is 3.28. The summed E-state index contributed by atoms with van der Waals surface area (Å²) in [5.74, 6) is -0.396. The van der Waals surface area contributed by atoms with Crippen molar-refractivity contribution in [3.05, 3.63) is 36.2 Å². The van der Waals surface area contributed by atoms with Gasteiger partial charge in [-0.1, -0.05) is 44.2 Å². The number of nitrogens with one attached hydrogen (secondary N) is 1. The van der Waals surface area contributed by atoms with Crippen molar-refractivity contribution in [1.29, 1.82) is 0 Å². The fourth-order valence-corrected chi connectivity index (χ4v) is 3.28. The molecule has 0 unspecified atom stereocenters. The van der Waals surface area contributed by atoms with Gasteiger partial charge in [0.15, 0.2) is 0 Å². The second-order valence-corrected chi connectivity index (χ2v) is 6.61. The van der Waals surface area contributed by atoms with Gasteiger partial charge in [0, 0.05) is 18.8 Å². The van der Waals surface area contributed by atoms with E-state index in [9.17, 15) is 14.4 Å². The van der Waals surface area contributed by atoms with Crippen LogP contribution in [0, 0.1) is 12.3 Å². The quantitative estimate of drug-likeness (QED) is 0.659. The maximum Gasteiger partial charge on any atom is 0.321 e. The molecule has 0 atom stereocenters. The Morgan fingerprint density at radius 3 is 2.46 bits per heavy atom. The molecule has 26 heavy (non-hydrogen) atoms. The highest BCUT2D eigenvalue weighted by molar-refractivity contribution is 5.99. The Balaban J connectivity index is 1.84. The van der Waals surface area contributed by atoms with Gasteiger partial charge in [-0.3, -0.25) is 14.5 Å². The van der Waals surface area contributed by atoms with E-state index >= 15 is 0 Å². The second kappa shape index (κ2) is 9.79. The Bertz CT molecular complexity index is 641. The summed E-state index contributed by atoms with van der Waals surface area (Å²) < 4.78 is 0. The number of para-hydroxylation sites is 1. The molecule has 1 aliphatic carbocycles. The molecule has 1 saturated carbocycles. The first-order chi connectivity index (χ1) is 12.5. The van der Waals surface area contributed by atoms with E-state index in [1.165, 1.54) is 19.3 Å². The Hall–Kier alpha value is -2.57. The molecule has 1 aliphatic rings. The third kappa shape index (κ3) is 5.75. The largest absolute Gasteiger partial charge is 0.383 e. The summed E-state index contributed by atoms with van der Waals surface area (Å²) in [7, 11) is 0. The molecule has 0 spiro atoms. The molecule has 7 heteroatoms. The number of imide groups is 1. The standard InChI is InChI=1S/C19H27N4O3/c20-18(25)15-8-4-5-9-16(15)22-12-13-23(19(21)26)17(24)11-10-14-6-2-1-3-7-14/h4-5,8-9,11,14,22H,1-3,6-7,10,12-13H2,(H2,20,25)(H2,21,26). The lowest BCUT2D eigenvalue weighted by molar-refractivity contribution is -0.124. The molecule has 4 amide bonds. The van der Waals surface area contributed by atoms with Crippen LogP contribution in [0.1, 0.15) is 48.9 Å². The van der Waals surface area contributed by atoms with Gasteiger partial charge in [0.1, 0.15) is 0 Å². The molecule has 1 fully saturated rings. The number of urea groups is 1. The predicted octanol–water partition coefficient (Wildman–Crippen LogP) is 2.28. The van der Waals surface area contributed by atoms with Crippen LogP contribution in [0.3, 0.4) is 0 Å². The topological polar surface area (TPSA) is 119 Å². The Kier molecular flexibility index (Phi) is 7.44. The zero-order chi connectivity index (χ0) is 18.9. The molecule has 0 heterocycles. The number of nitrogens with two attached hydrogens (primary N) is 2. The summed E-state index contributed by atoms with van der Waals surface area (Å²) in [5.41, 5.74) is 11.6. The van der Waals surface area contributed by atoms with Crippen LogP contribution in [0.4, 0.5) is 10.5 Å². The summed E-state index contributed by atoms with van der Waals surface area (Å²) >= 11 is 0. The lowest BCUT2D eigenvalue weighted by Crippen LogP contribution is -2.43. The SMILES string of the molecule is NC(=O)c1ccccc1NCCN(C(N)=O)C(=O)[CH]CC1CCCCC1. The van der Waals surface area contributed by atoms with Crippen molar-refractivity contribution in [3.8, 4) is 0 Å². The fraction of sp³-hybridized carbons (Fsp3) is 0.474. The van der Waals surface area contributed by atoms with Crippen LogP contribution < -0.4 is 16.8 Å². The van der Waals surface area contributed by atoms with Crippen LogP contribution in [-0.2, 0) is 4.79 Å². The monoisotopic (exact) mass is 359 g/mol. The molecule has 1 radical (unpaired) electrons. The summed E-state index contributed by atoms with van der Waals surface area (Å²) in [5, 5.41) is 3.02. The molecule has 1 aromatic carbocycles. The molecule has 0 bridgehead atoms. The van der Waals surface area contributed by atoms with Gasteiger partial charge in [-0.2, -0.15) is 0 Å². The van der Waals surface area contributed by atoms with Crippen LogP contribution >= 0.6 is 0 Å². The van der Waals surface area contributed by atoms with Crippen molar-refractivity contribution in [2.45, 2.75) is 38.5 Å². The molecule has 0 aliphatic heterocycles. The van der Waals surface area contributed by atoms with E-state index in [1.807, 2.05) is 0 Å². The maximum absolute atomic E-state index is 12.3. The minimum absolute atomic E-state index is 0.114. The van der Waals surface area contributed by atoms with Gasteiger partial charge in [-0.05, 0) is 24.5 Å². The van der Waals surface area contributed by atoms with E-state index in [0.717, 1.165) is 17.7 Å². The molecular formula is C19H27N4O3. The van der Waals surface area contributed by atoms with E-state index < -0.39 is 11.9 Å². The average molecular weight is 359 g/mol. The van der Waals surface area contributed by atoms with Crippen molar-refractivity contribution < 1.29 is 14.4 Å². The van der Waals surface area contributed by atoms with Gasteiger partial charge in [-0.25, -0.2) is 4.79 Å². The third-order valence-corrected chi connectivity index (χ3v) is 4.73. The smallest absolute Gasteiger partial charge is 0.321 e. The first-order valence-corrected chi connectivity index (χ1v) is 9.06. The molecule has 2 rings (SSSR count). The number of anilines is 1. The van der Waals surface area contributed by atoms with E-state index in [-0.39, 0.29) is 19.0 Å². The van der Waals surface area contributed by atoms with Gasteiger partial charge in [-0.15, -0.1) is 0 Å². The van der Waals surface area contributed by atoms with E-state index in [2.05, 4.69) is 5.32 Å². The molecule has 0 saturated heterocycles. The number of carbonyl (C=O) groups excluding carboxylic acids is 3. The number of hydrogen-bond donors (Lipinski definition) is 3. The van der Waals surface area contributed by atoms with Crippen LogP contribution in [-0.4, -0.2) is 35.8 Å². The van der Waals surface area contributed by atoms with Crippen LogP contribution in [0.25, 0.3) is 0 Å². The van der Waals surface area contributed by atoms with Gasteiger partial charge in [0.05, 0.1) is 12.0 Å². The molecule has 0 aromatic heterocycles. The number of benzene rings is 1. The van der Waals surface area contributed by atoms with Crippen LogP contribution in [0.5, 0.6) is 0 Å². The number of primary amides is 2. The average Bonchev–Trinajstić information content (AvgIpc) is 2.64. The van der Waals surface area contributed by atoms with Crippen molar-refractivity contribution >= 4 is 23.5 Å². The Morgan fingerprint density at radius 2 is 1.81 bits per heavy atom. The maximum atomic E-state index is 12.3. The van der Waals surface area contributed by atoms with Gasteiger partial charge in [0.25, 0.3) is 5.91 Å². The van der Waals surface area contributed by atoms with E-state index in [1.54, 1.807) is 30.7 Å². The number of hydrogen-bond acceptors (Lipinski definition) is 4. The highest BCUT2D eigenvalue weighted by Crippen LogP contribution is 2.27. The second-order valence-electron chi connectivity index (χ2n) is 6.61. The first kappa shape index (κ1) is 19.8. The van der Waals surface area contributed by atoms with Crippen molar-refractivity contribution in [2.75, 3.05) is 18.4 Å². The zero-order valence-electron chi connectivity index (χ0n) is 14.9. The van der Waals surface area contributed by atoms with Crippen LogP contribution in [0.15, 0.2) is 24.3 Å². The summed E-state index contributed by atoms with van der Waals surface area (Å²) in [6.07, 6.45) is 8.18. The lowest BCUT2D eigenvalue weighted by atomic mass is 9.86. The minimum atomic E-state index is -0.778. The first-order valence-electron chi connectivity index (χ1n) is 9.06. The number of amides is 4. The Labute approximate surface area is 154 Å². The van der Waals surface area contributed by atoms with E-state index in [0.29, 0.717) is 23.6 Å². The number of rotatable bonds is 8. The molecule has 5 N–H and O–H groups in total. The highest BCUT2D eigenvalue weighted by atomic mass is 16.2. The van der Waals surface area contributed by atoms with E-state index in [4.69, 9.17) is 11.5 Å². The third-order valence-electron chi connectivity index (χ3n) is 4.73. The molecular weight excluding hydrogens is 332 g/mol. The van der Waals surface area contributed by atoms with Gasteiger partial charge in [0.2, 0.25) is 5.91 Å². The Morgan fingerprint density at radius 1 is 1.12 bits per heavy atom. The van der Waals surface area contributed by atoms with Crippen LogP contribution in [0.2, 0.25) is 0 Å². The molecule has 1 aromatic rings. The number of nitrogens with zero attached hydrogens (tertiary/aromatic N) is 1. The highest BCUT2D eigenvalue weighted by Gasteiger charge is 2.21. The van der Waals surface area contributed by atoms with Crippen molar-refractivity contribution in [1.82, 2.24) is 4.90 Å². The summed E-state index contributed by atoms with van der Waals surface area (Å²) in [6.45, 7) is 0.388. The zero-order valence-corrected chi connectivity index (χ0v) is 14.9. The molecule has 7 nitrogen and oxygen atoms in total. The number of carbonyl (C=O) groups is 3. The normalized spacial score (nSPS) is 14.6.